The number of anilines is 2. The van der Waals surface area contributed by atoms with Crippen LogP contribution in [-0.4, -0.2) is 49.8 Å². The number of rotatable bonds is 13. The van der Waals surface area contributed by atoms with E-state index in [1.807, 2.05) is 0 Å². The average molecular weight is 729 g/mol. The number of ether oxygens (including phenoxy) is 2. The van der Waals surface area contributed by atoms with Crippen LogP contribution in [0, 0.1) is 0 Å². The number of alkyl halides is 16. The van der Waals surface area contributed by atoms with Crippen molar-refractivity contribution in [2.75, 3.05) is 25.7 Å². The highest BCUT2D eigenvalue weighted by Crippen LogP contribution is 2.66. The van der Waals surface area contributed by atoms with Crippen LogP contribution >= 0.6 is 0 Å². The molecule has 2 aromatic rings. The number of hydrogen-bond acceptors (Lipinski definition) is 4. The maximum Gasteiger partial charge on any atom is 0.385 e. The molecule has 2 rings (SSSR count). The second-order valence-electron chi connectivity index (χ2n) is 11.3. The minimum atomic E-state index is -8.59. The number of halogens is 16. The molecule has 0 radical (unpaired) electrons. The second-order valence-corrected chi connectivity index (χ2v) is 11.3. The average Bonchev–Trinajstić information content (AvgIpc) is 2.95. The highest BCUT2D eigenvalue weighted by molar-refractivity contribution is 5.63. The zero-order valence-electron chi connectivity index (χ0n) is 25.5. The topological polar surface area (TPSA) is 70.5 Å². The Kier molecular flexibility index (Phi) is 10.3. The number of nitrogen functional groups attached to an aromatic ring is 2. The summed E-state index contributed by atoms with van der Waals surface area (Å²) < 4.78 is 246. The largest absolute Gasteiger partial charge is 0.495 e. The van der Waals surface area contributed by atoms with Gasteiger partial charge in [0.1, 0.15) is 11.5 Å². The standard InChI is InChI=1S/C28H28F16N2O2/c1-11(2)15-7-13(9-17(47-5)19(15)45)21(29,30)23(33,34)25(37,38)27(41,42)28(43,44)26(39,40)24(35,36)22(31,32)14-8-16(12(3)4)20(46)18(10-14)48-6/h7-12H,45-46H2,1-6H3. The molecule has 0 aliphatic rings. The van der Waals surface area contributed by atoms with E-state index in [-0.39, 0.29) is 24.3 Å². The fourth-order valence-corrected chi connectivity index (χ4v) is 4.50. The molecule has 0 saturated carbocycles. The summed E-state index contributed by atoms with van der Waals surface area (Å²) in [6, 6.07) is -0.426. The molecule has 20 heteroatoms. The molecule has 0 spiro atoms. The molecule has 4 N–H and O–H groups in total. The van der Waals surface area contributed by atoms with Crippen molar-refractivity contribution in [3.05, 3.63) is 46.5 Å². The van der Waals surface area contributed by atoms with Crippen LogP contribution in [0.3, 0.4) is 0 Å². The molecular formula is C28H28F16N2O2. The van der Waals surface area contributed by atoms with Crippen molar-refractivity contribution in [2.24, 2.45) is 0 Å². The van der Waals surface area contributed by atoms with Gasteiger partial charge in [0.2, 0.25) is 0 Å². The molecule has 274 valence electrons. The fraction of sp³-hybridized carbons (Fsp3) is 0.571. The van der Waals surface area contributed by atoms with Crippen molar-refractivity contribution in [3.8, 4) is 11.5 Å². The first kappa shape index (κ1) is 40.7. The van der Waals surface area contributed by atoms with Gasteiger partial charge in [0, 0.05) is 11.1 Å². The van der Waals surface area contributed by atoms with Crippen LogP contribution in [0.1, 0.15) is 61.8 Å². The van der Waals surface area contributed by atoms with E-state index in [1.165, 1.54) is 27.7 Å². The van der Waals surface area contributed by atoms with E-state index < -0.39 is 104 Å². The smallest absolute Gasteiger partial charge is 0.385 e. The van der Waals surface area contributed by atoms with Crippen molar-refractivity contribution >= 4 is 11.4 Å². The molecule has 0 fully saturated rings. The predicted molar refractivity (Wildman–Crippen MR) is 140 cm³/mol. The van der Waals surface area contributed by atoms with Crippen LogP contribution in [0.2, 0.25) is 0 Å². The predicted octanol–water partition coefficient (Wildman–Crippen LogP) is 9.81. The molecule has 2 aromatic carbocycles. The summed E-state index contributed by atoms with van der Waals surface area (Å²) in [7, 11) is 1.42. The summed E-state index contributed by atoms with van der Waals surface area (Å²) >= 11 is 0. The first-order valence-corrected chi connectivity index (χ1v) is 13.3. The first-order chi connectivity index (χ1) is 21.3. The van der Waals surface area contributed by atoms with Gasteiger partial charge in [0.05, 0.1) is 25.6 Å². The van der Waals surface area contributed by atoms with Crippen molar-refractivity contribution in [2.45, 2.75) is 86.9 Å². The van der Waals surface area contributed by atoms with E-state index in [1.54, 1.807) is 0 Å². The van der Waals surface area contributed by atoms with Crippen LogP contribution < -0.4 is 20.9 Å². The van der Waals surface area contributed by atoms with Gasteiger partial charge in [-0.05, 0) is 47.2 Å². The lowest BCUT2D eigenvalue weighted by molar-refractivity contribution is -0.456. The highest BCUT2D eigenvalue weighted by atomic mass is 19.4. The zero-order chi connectivity index (χ0) is 38.0. The monoisotopic (exact) mass is 728 g/mol. The normalized spacial score (nSPS) is 14.6. The Morgan fingerprint density at radius 2 is 0.667 bits per heavy atom. The maximum absolute atomic E-state index is 15.0. The van der Waals surface area contributed by atoms with Gasteiger partial charge < -0.3 is 20.9 Å². The molecule has 0 atom stereocenters. The van der Waals surface area contributed by atoms with Crippen molar-refractivity contribution in [1.29, 1.82) is 0 Å². The number of methoxy groups -OCH3 is 2. The Morgan fingerprint density at radius 3 is 0.875 bits per heavy atom. The summed E-state index contributed by atoms with van der Waals surface area (Å²) in [5, 5.41) is 0. The second kappa shape index (κ2) is 12.1. The molecule has 0 aromatic heterocycles. The summed E-state index contributed by atoms with van der Waals surface area (Å²) in [6.07, 6.45) is 0. The van der Waals surface area contributed by atoms with Crippen LogP contribution in [0.4, 0.5) is 81.6 Å². The Labute approximate surface area is 262 Å². The van der Waals surface area contributed by atoms with Gasteiger partial charge in [-0.15, -0.1) is 0 Å². The first-order valence-electron chi connectivity index (χ1n) is 13.3. The fourth-order valence-electron chi connectivity index (χ4n) is 4.50. The summed E-state index contributed by atoms with van der Waals surface area (Å²) in [5.74, 6) is -66.7. The maximum atomic E-state index is 15.0. The van der Waals surface area contributed by atoms with Crippen LogP contribution in [-0.2, 0) is 11.8 Å². The number of nitrogens with two attached hydrogens (primary N) is 2. The number of benzene rings is 2. The van der Waals surface area contributed by atoms with Gasteiger partial charge in [-0.3, -0.25) is 0 Å². The molecule has 0 bridgehead atoms. The van der Waals surface area contributed by atoms with E-state index in [0.29, 0.717) is 14.2 Å². The van der Waals surface area contributed by atoms with Crippen LogP contribution in [0.15, 0.2) is 24.3 Å². The van der Waals surface area contributed by atoms with Gasteiger partial charge in [-0.2, -0.15) is 70.2 Å². The lowest BCUT2D eigenvalue weighted by Gasteiger charge is -2.44. The van der Waals surface area contributed by atoms with Gasteiger partial charge >= 0.3 is 47.4 Å². The third-order valence-corrected chi connectivity index (χ3v) is 7.52. The Balaban J connectivity index is 2.80. The molecule has 4 nitrogen and oxygen atoms in total. The van der Waals surface area contributed by atoms with E-state index in [4.69, 9.17) is 11.5 Å². The van der Waals surface area contributed by atoms with Crippen molar-refractivity contribution in [1.82, 2.24) is 0 Å². The molecule has 48 heavy (non-hydrogen) atoms. The molecule has 0 aliphatic heterocycles. The summed E-state index contributed by atoms with van der Waals surface area (Å²) in [6.45, 7) is 4.76. The van der Waals surface area contributed by atoms with Gasteiger partial charge in [-0.25, -0.2) is 0 Å². The minimum Gasteiger partial charge on any atom is -0.495 e. The molecule has 0 aliphatic carbocycles. The SMILES string of the molecule is COc1cc(C(F)(F)C(F)(F)C(F)(F)C(F)(F)C(F)(F)C(F)(F)C(F)(F)C(F)(F)c2cc(OC)c(N)c(C(C)C)c2)cc(C(C)C)c1N. The van der Waals surface area contributed by atoms with E-state index in [0.717, 1.165) is 0 Å². The summed E-state index contributed by atoms with van der Waals surface area (Å²) in [4.78, 5) is 0. The van der Waals surface area contributed by atoms with Gasteiger partial charge in [0.25, 0.3) is 0 Å². The highest BCUT2D eigenvalue weighted by Gasteiger charge is 2.95. The minimum absolute atomic E-state index is 0.0294. The van der Waals surface area contributed by atoms with Crippen LogP contribution in [0.25, 0.3) is 0 Å². The quantitative estimate of drug-likeness (QED) is 0.159. The lowest BCUT2D eigenvalue weighted by atomic mass is 9.84. The van der Waals surface area contributed by atoms with Crippen molar-refractivity contribution in [3.63, 3.8) is 0 Å². The molecule has 0 amide bonds. The van der Waals surface area contributed by atoms with E-state index in [9.17, 15) is 52.7 Å². The van der Waals surface area contributed by atoms with Crippen molar-refractivity contribution < 1.29 is 79.7 Å². The Hall–Kier alpha value is -3.48. The third-order valence-electron chi connectivity index (χ3n) is 7.52. The molecule has 0 unspecified atom stereocenters. The van der Waals surface area contributed by atoms with E-state index in [2.05, 4.69) is 9.47 Å². The zero-order valence-corrected chi connectivity index (χ0v) is 25.5. The van der Waals surface area contributed by atoms with Crippen LogP contribution in [0.5, 0.6) is 11.5 Å². The summed E-state index contributed by atoms with van der Waals surface area (Å²) in [5.41, 5.74) is 4.34. The third kappa shape index (κ3) is 5.49. The van der Waals surface area contributed by atoms with Gasteiger partial charge in [0.15, 0.2) is 0 Å². The van der Waals surface area contributed by atoms with Gasteiger partial charge in [-0.1, -0.05) is 27.7 Å². The molecular weight excluding hydrogens is 700 g/mol. The Bertz CT molecular complexity index is 1400. The lowest BCUT2D eigenvalue weighted by Crippen LogP contribution is -2.74. The molecule has 0 heterocycles. The molecule has 0 saturated heterocycles. The van der Waals surface area contributed by atoms with E-state index >= 15 is 17.6 Å². The number of hydrogen-bond donors (Lipinski definition) is 2. The Morgan fingerprint density at radius 1 is 0.438 bits per heavy atom.